The number of piperidine rings is 1. The SMILES string of the molecule is CCOC(=O)Nc1ccc(N2CCC[C@@]3(CCN(C4CCOCC4)C3=O)C2)cc1. The third kappa shape index (κ3) is 4.20. The number of ether oxygens (including phenoxy) is 2. The van der Waals surface area contributed by atoms with Crippen LogP contribution < -0.4 is 10.2 Å². The first kappa shape index (κ1) is 20.0. The van der Waals surface area contributed by atoms with E-state index < -0.39 is 6.09 Å². The molecule has 0 saturated carbocycles. The van der Waals surface area contributed by atoms with Gasteiger partial charge in [-0.1, -0.05) is 0 Å². The normalized spacial score (nSPS) is 25.5. The van der Waals surface area contributed by atoms with E-state index in [1.54, 1.807) is 6.92 Å². The predicted octanol–water partition coefficient (Wildman–Crippen LogP) is 3.25. The Hall–Kier alpha value is -2.28. The third-order valence-corrected chi connectivity index (χ3v) is 6.51. The molecule has 2 amide bonds. The molecule has 158 valence electrons. The summed E-state index contributed by atoms with van der Waals surface area (Å²) in [6.45, 7) is 6.26. The van der Waals surface area contributed by atoms with Gasteiger partial charge in [0.25, 0.3) is 0 Å². The van der Waals surface area contributed by atoms with E-state index in [1.165, 1.54) is 0 Å². The zero-order valence-electron chi connectivity index (χ0n) is 17.2. The highest BCUT2D eigenvalue weighted by molar-refractivity contribution is 5.86. The topological polar surface area (TPSA) is 71.1 Å². The molecule has 1 aromatic carbocycles. The van der Waals surface area contributed by atoms with Crippen molar-refractivity contribution in [1.82, 2.24) is 4.90 Å². The minimum absolute atomic E-state index is 0.252. The van der Waals surface area contributed by atoms with Crippen LogP contribution in [0.2, 0.25) is 0 Å². The number of nitrogens with zero attached hydrogens (tertiary/aromatic N) is 2. The van der Waals surface area contributed by atoms with Crippen molar-refractivity contribution in [3.05, 3.63) is 24.3 Å². The van der Waals surface area contributed by atoms with E-state index >= 15 is 0 Å². The van der Waals surface area contributed by atoms with E-state index in [4.69, 9.17) is 9.47 Å². The zero-order valence-corrected chi connectivity index (χ0v) is 17.2. The molecule has 1 N–H and O–H groups in total. The maximum Gasteiger partial charge on any atom is 0.411 e. The van der Waals surface area contributed by atoms with Crippen molar-refractivity contribution in [2.45, 2.75) is 45.1 Å². The maximum atomic E-state index is 13.4. The fourth-order valence-electron chi connectivity index (χ4n) is 4.96. The van der Waals surface area contributed by atoms with Gasteiger partial charge in [-0.05, 0) is 63.3 Å². The molecule has 0 aliphatic carbocycles. The van der Waals surface area contributed by atoms with Crippen LogP contribution in [0.1, 0.15) is 39.0 Å². The van der Waals surface area contributed by atoms with Gasteiger partial charge in [-0.3, -0.25) is 10.1 Å². The summed E-state index contributed by atoms with van der Waals surface area (Å²) in [7, 11) is 0. The molecule has 0 bridgehead atoms. The van der Waals surface area contributed by atoms with Crippen LogP contribution in [0.3, 0.4) is 0 Å². The first-order valence-corrected chi connectivity index (χ1v) is 10.8. The molecule has 1 atom stereocenters. The Morgan fingerprint density at radius 3 is 2.69 bits per heavy atom. The molecule has 7 heteroatoms. The second-order valence-corrected chi connectivity index (χ2v) is 8.29. The second-order valence-electron chi connectivity index (χ2n) is 8.29. The molecule has 7 nitrogen and oxygen atoms in total. The van der Waals surface area contributed by atoms with E-state index in [2.05, 4.69) is 15.1 Å². The number of hydrogen-bond acceptors (Lipinski definition) is 5. The van der Waals surface area contributed by atoms with Gasteiger partial charge in [0.1, 0.15) is 0 Å². The van der Waals surface area contributed by atoms with Crippen molar-refractivity contribution in [3.8, 4) is 0 Å². The minimum Gasteiger partial charge on any atom is -0.450 e. The molecule has 3 aliphatic heterocycles. The molecule has 0 unspecified atom stereocenters. The van der Waals surface area contributed by atoms with E-state index in [0.717, 1.165) is 70.6 Å². The highest BCUT2D eigenvalue weighted by Crippen LogP contribution is 2.43. The Balaban J connectivity index is 1.41. The molecule has 3 saturated heterocycles. The van der Waals surface area contributed by atoms with Gasteiger partial charge >= 0.3 is 6.09 Å². The number of likely N-dealkylation sites (tertiary alicyclic amines) is 1. The minimum atomic E-state index is -0.443. The zero-order chi connectivity index (χ0) is 20.3. The Kier molecular flexibility index (Phi) is 5.94. The smallest absolute Gasteiger partial charge is 0.411 e. The van der Waals surface area contributed by atoms with E-state index in [-0.39, 0.29) is 5.41 Å². The number of benzene rings is 1. The third-order valence-electron chi connectivity index (χ3n) is 6.51. The summed E-state index contributed by atoms with van der Waals surface area (Å²) in [6, 6.07) is 8.14. The Labute approximate surface area is 172 Å². The van der Waals surface area contributed by atoms with Gasteiger partial charge in [0.05, 0.1) is 12.0 Å². The van der Waals surface area contributed by atoms with Gasteiger partial charge in [0, 0.05) is 50.3 Å². The fourth-order valence-corrected chi connectivity index (χ4v) is 4.96. The van der Waals surface area contributed by atoms with Crippen molar-refractivity contribution in [1.29, 1.82) is 0 Å². The number of rotatable bonds is 4. The van der Waals surface area contributed by atoms with Gasteiger partial charge in [-0.25, -0.2) is 4.79 Å². The largest absolute Gasteiger partial charge is 0.450 e. The average molecular weight is 402 g/mol. The van der Waals surface area contributed by atoms with Gasteiger partial charge in [-0.15, -0.1) is 0 Å². The van der Waals surface area contributed by atoms with Gasteiger partial charge < -0.3 is 19.3 Å². The summed E-state index contributed by atoms with van der Waals surface area (Å²) in [5.74, 6) is 0.342. The first-order chi connectivity index (χ1) is 14.1. The molecule has 3 fully saturated rings. The number of anilines is 2. The van der Waals surface area contributed by atoms with Crippen LogP contribution in [0.15, 0.2) is 24.3 Å². The van der Waals surface area contributed by atoms with Crippen LogP contribution in [0.5, 0.6) is 0 Å². The number of amides is 2. The van der Waals surface area contributed by atoms with E-state index in [1.807, 2.05) is 24.3 Å². The Bertz CT molecular complexity index is 732. The molecular formula is C22H31N3O4. The van der Waals surface area contributed by atoms with Crippen molar-refractivity contribution >= 4 is 23.4 Å². The summed E-state index contributed by atoms with van der Waals surface area (Å²) in [4.78, 5) is 29.4. The summed E-state index contributed by atoms with van der Waals surface area (Å²) in [5.41, 5.74) is 1.55. The molecule has 0 radical (unpaired) electrons. The number of carbonyl (C=O) groups is 2. The van der Waals surface area contributed by atoms with Crippen molar-refractivity contribution in [3.63, 3.8) is 0 Å². The Morgan fingerprint density at radius 1 is 1.21 bits per heavy atom. The van der Waals surface area contributed by atoms with Crippen LogP contribution in [-0.4, -0.2) is 62.4 Å². The monoisotopic (exact) mass is 401 g/mol. The fraction of sp³-hybridized carbons (Fsp3) is 0.636. The predicted molar refractivity (Wildman–Crippen MR) is 111 cm³/mol. The van der Waals surface area contributed by atoms with Crippen molar-refractivity contribution in [2.75, 3.05) is 49.7 Å². The molecule has 29 heavy (non-hydrogen) atoms. The van der Waals surface area contributed by atoms with Gasteiger partial charge in [0.15, 0.2) is 0 Å². The molecule has 3 heterocycles. The lowest BCUT2D eigenvalue weighted by Gasteiger charge is -2.41. The highest BCUT2D eigenvalue weighted by atomic mass is 16.5. The van der Waals surface area contributed by atoms with E-state index in [9.17, 15) is 9.59 Å². The molecule has 4 rings (SSSR count). The van der Waals surface area contributed by atoms with Crippen LogP contribution in [-0.2, 0) is 14.3 Å². The molecule has 0 aromatic heterocycles. The molecule has 1 spiro atoms. The lowest BCUT2D eigenvalue weighted by Crippen LogP contribution is -2.50. The number of carbonyl (C=O) groups excluding carboxylic acids is 2. The lowest BCUT2D eigenvalue weighted by atomic mass is 9.78. The molecular weight excluding hydrogens is 370 g/mol. The average Bonchev–Trinajstić information content (AvgIpc) is 3.05. The quantitative estimate of drug-likeness (QED) is 0.839. The lowest BCUT2D eigenvalue weighted by molar-refractivity contribution is -0.139. The van der Waals surface area contributed by atoms with Crippen molar-refractivity contribution < 1.29 is 19.1 Å². The summed E-state index contributed by atoms with van der Waals surface area (Å²) in [6.07, 6.45) is 4.42. The summed E-state index contributed by atoms with van der Waals surface area (Å²) < 4.78 is 10.4. The molecule has 3 aliphatic rings. The second kappa shape index (κ2) is 8.61. The van der Waals surface area contributed by atoms with Crippen LogP contribution in [0.4, 0.5) is 16.2 Å². The Morgan fingerprint density at radius 2 is 1.97 bits per heavy atom. The first-order valence-electron chi connectivity index (χ1n) is 10.8. The highest BCUT2D eigenvalue weighted by Gasteiger charge is 2.50. The molecule has 1 aromatic rings. The number of nitrogens with one attached hydrogen (secondary N) is 1. The van der Waals surface area contributed by atoms with Crippen molar-refractivity contribution in [2.24, 2.45) is 5.41 Å². The summed E-state index contributed by atoms with van der Waals surface area (Å²) in [5, 5.41) is 2.72. The van der Waals surface area contributed by atoms with Gasteiger partial charge in [-0.2, -0.15) is 0 Å². The van der Waals surface area contributed by atoms with E-state index in [0.29, 0.717) is 24.2 Å². The van der Waals surface area contributed by atoms with Crippen LogP contribution in [0.25, 0.3) is 0 Å². The summed E-state index contributed by atoms with van der Waals surface area (Å²) >= 11 is 0. The number of hydrogen-bond donors (Lipinski definition) is 1. The standard InChI is InChI=1S/C22H31N3O4/c1-2-29-21(27)23-17-4-6-18(7-5-17)24-12-3-10-22(16-24)11-13-25(20(22)26)19-8-14-28-15-9-19/h4-7,19H,2-3,8-16H2,1H3,(H,23,27)/t22-/m1/s1. The maximum absolute atomic E-state index is 13.4. The van der Waals surface area contributed by atoms with Gasteiger partial charge in [0.2, 0.25) is 5.91 Å². The van der Waals surface area contributed by atoms with Crippen LogP contribution in [0, 0.1) is 5.41 Å². The van der Waals surface area contributed by atoms with Crippen LogP contribution >= 0.6 is 0 Å².